The van der Waals surface area contributed by atoms with Gasteiger partial charge in [-0.3, -0.25) is 4.18 Å². The van der Waals surface area contributed by atoms with E-state index in [1.165, 1.54) is 40.6 Å². The average molecular weight is 587 g/mol. The van der Waals surface area contributed by atoms with Crippen LogP contribution in [-0.4, -0.2) is 68.4 Å². The van der Waals surface area contributed by atoms with Crippen molar-refractivity contribution < 1.29 is 46.1 Å². The number of aryl methyl sites for hydroxylation is 1. The predicted octanol–water partition coefficient (Wildman–Crippen LogP) is 3.91. The molecule has 0 aromatic heterocycles. The van der Waals surface area contributed by atoms with E-state index in [9.17, 15) is 13.5 Å². The first kappa shape index (κ1) is 31.6. The fourth-order valence-corrected chi connectivity index (χ4v) is 4.82. The van der Waals surface area contributed by atoms with Crippen LogP contribution in [0.1, 0.15) is 22.8 Å². The number of aliphatic hydroxyl groups is 1. The SMILES string of the molecule is COc1ccc(C#CCO[C@H](c2cc(OC)c(OC)c(OC)c2)[C@H](O)COS(=O)(=O)c2ccc(C)cc2)cc1OC. The van der Waals surface area contributed by atoms with Gasteiger partial charge in [-0.2, -0.15) is 8.42 Å². The lowest BCUT2D eigenvalue weighted by molar-refractivity contribution is -0.0443. The molecule has 3 aromatic carbocycles. The summed E-state index contributed by atoms with van der Waals surface area (Å²) in [5.41, 5.74) is 1.98. The predicted molar refractivity (Wildman–Crippen MR) is 152 cm³/mol. The van der Waals surface area contributed by atoms with Crippen molar-refractivity contribution in [3.8, 4) is 40.6 Å². The first-order chi connectivity index (χ1) is 19.7. The van der Waals surface area contributed by atoms with Gasteiger partial charge in [-0.25, -0.2) is 0 Å². The second-order valence-corrected chi connectivity index (χ2v) is 10.3. The molecule has 11 heteroatoms. The summed E-state index contributed by atoms with van der Waals surface area (Å²) < 4.78 is 63.4. The van der Waals surface area contributed by atoms with E-state index in [1.807, 2.05) is 6.92 Å². The van der Waals surface area contributed by atoms with Gasteiger partial charge in [0.2, 0.25) is 5.75 Å². The molecular weight excluding hydrogens is 552 g/mol. The second kappa shape index (κ2) is 14.6. The number of hydrogen-bond acceptors (Lipinski definition) is 10. The van der Waals surface area contributed by atoms with Gasteiger partial charge < -0.3 is 33.5 Å². The van der Waals surface area contributed by atoms with Gasteiger partial charge >= 0.3 is 0 Å². The lowest BCUT2D eigenvalue weighted by Gasteiger charge is -2.24. The fraction of sp³-hybridized carbons (Fsp3) is 0.333. The Morgan fingerprint density at radius 3 is 1.95 bits per heavy atom. The molecule has 0 fully saturated rings. The minimum absolute atomic E-state index is 0.0265. The minimum Gasteiger partial charge on any atom is -0.493 e. The van der Waals surface area contributed by atoms with Gasteiger partial charge in [0.05, 0.1) is 47.1 Å². The average Bonchev–Trinajstić information content (AvgIpc) is 2.99. The van der Waals surface area contributed by atoms with Crippen molar-refractivity contribution in [3.63, 3.8) is 0 Å². The van der Waals surface area contributed by atoms with Gasteiger partial charge in [-0.15, -0.1) is 0 Å². The number of rotatable bonds is 13. The number of ether oxygens (including phenoxy) is 6. The smallest absolute Gasteiger partial charge is 0.297 e. The largest absolute Gasteiger partial charge is 0.493 e. The van der Waals surface area contributed by atoms with Crippen LogP contribution in [0.2, 0.25) is 0 Å². The van der Waals surface area contributed by atoms with E-state index in [0.717, 1.165) is 5.56 Å². The molecule has 0 amide bonds. The summed E-state index contributed by atoms with van der Waals surface area (Å²) >= 11 is 0. The van der Waals surface area contributed by atoms with Crippen molar-refractivity contribution in [2.24, 2.45) is 0 Å². The van der Waals surface area contributed by atoms with E-state index in [4.69, 9.17) is 32.6 Å². The first-order valence-corrected chi connectivity index (χ1v) is 13.8. The molecule has 41 heavy (non-hydrogen) atoms. The summed E-state index contributed by atoms with van der Waals surface area (Å²) in [6.07, 6.45) is -2.49. The normalized spacial score (nSPS) is 12.5. The molecule has 0 bridgehead atoms. The highest BCUT2D eigenvalue weighted by Gasteiger charge is 2.28. The van der Waals surface area contributed by atoms with Gasteiger partial charge in [0.15, 0.2) is 23.0 Å². The van der Waals surface area contributed by atoms with E-state index >= 15 is 0 Å². The van der Waals surface area contributed by atoms with E-state index in [0.29, 0.717) is 39.9 Å². The zero-order chi connectivity index (χ0) is 30.0. The van der Waals surface area contributed by atoms with Crippen LogP contribution in [0.3, 0.4) is 0 Å². The lowest BCUT2D eigenvalue weighted by Crippen LogP contribution is -2.28. The molecule has 220 valence electrons. The highest BCUT2D eigenvalue weighted by Crippen LogP contribution is 2.41. The number of aliphatic hydroxyl groups excluding tert-OH is 1. The van der Waals surface area contributed by atoms with Crippen molar-refractivity contribution in [2.75, 3.05) is 48.8 Å². The standard InChI is InChI=1S/C30H34O10S/c1-20-9-12-23(13-10-20)41(32,33)40-19-24(31)29(22-17-27(36-4)30(38-6)28(18-22)37-5)39-15-7-8-21-11-14-25(34-2)26(16-21)35-3/h9-14,16-18,24,29,31H,15,19H2,1-6H3/t24-,29-/m1/s1. The molecule has 0 aliphatic heterocycles. The third-order valence-electron chi connectivity index (χ3n) is 6.02. The molecule has 2 atom stereocenters. The van der Waals surface area contributed by atoms with Crippen LogP contribution in [-0.2, 0) is 19.0 Å². The van der Waals surface area contributed by atoms with Crippen LogP contribution < -0.4 is 23.7 Å². The Morgan fingerprint density at radius 2 is 1.39 bits per heavy atom. The Kier molecular flexibility index (Phi) is 11.3. The molecule has 10 nitrogen and oxygen atoms in total. The molecule has 3 aromatic rings. The Labute approximate surface area is 240 Å². The minimum atomic E-state index is -4.13. The van der Waals surface area contributed by atoms with Gasteiger partial charge in [-0.05, 0) is 55.0 Å². The van der Waals surface area contributed by atoms with Crippen molar-refractivity contribution >= 4 is 10.1 Å². The molecule has 0 saturated carbocycles. The number of benzene rings is 3. The van der Waals surface area contributed by atoms with Crippen molar-refractivity contribution in [1.82, 2.24) is 0 Å². The van der Waals surface area contributed by atoms with E-state index < -0.39 is 28.9 Å². The van der Waals surface area contributed by atoms with Gasteiger partial charge in [0.25, 0.3) is 10.1 Å². The Balaban J connectivity index is 1.87. The summed E-state index contributed by atoms with van der Waals surface area (Å²) in [5.74, 6) is 7.97. The third-order valence-corrected chi connectivity index (χ3v) is 7.32. The molecule has 0 radical (unpaired) electrons. The summed E-state index contributed by atoms with van der Waals surface area (Å²) in [4.78, 5) is -0.0265. The lowest BCUT2D eigenvalue weighted by atomic mass is 10.0. The number of methoxy groups -OCH3 is 5. The fourth-order valence-electron chi connectivity index (χ4n) is 3.90. The van der Waals surface area contributed by atoms with Gasteiger partial charge in [-0.1, -0.05) is 29.5 Å². The molecule has 0 unspecified atom stereocenters. The van der Waals surface area contributed by atoms with Crippen LogP contribution in [0.4, 0.5) is 0 Å². The summed E-state index contributed by atoms with van der Waals surface area (Å²) in [6, 6.07) is 14.6. The van der Waals surface area contributed by atoms with E-state index in [-0.39, 0.29) is 11.5 Å². The Bertz CT molecular complexity index is 1450. The monoisotopic (exact) mass is 586 g/mol. The van der Waals surface area contributed by atoms with Gasteiger partial charge in [0, 0.05) is 5.56 Å². The van der Waals surface area contributed by atoms with Crippen molar-refractivity contribution in [2.45, 2.75) is 24.0 Å². The van der Waals surface area contributed by atoms with Crippen LogP contribution in [0.15, 0.2) is 59.5 Å². The summed E-state index contributed by atoms with van der Waals surface area (Å²) in [5, 5.41) is 11.1. The zero-order valence-electron chi connectivity index (χ0n) is 23.8. The Hall–Kier alpha value is -3.95. The van der Waals surface area contributed by atoms with Crippen molar-refractivity contribution in [1.29, 1.82) is 0 Å². The molecule has 1 N–H and O–H groups in total. The Morgan fingerprint density at radius 1 is 0.780 bits per heavy atom. The molecular formula is C30H34O10S. The summed E-state index contributed by atoms with van der Waals surface area (Å²) in [6.45, 7) is 1.15. The zero-order valence-corrected chi connectivity index (χ0v) is 24.6. The molecule has 0 saturated heterocycles. The second-order valence-electron chi connectivity index (χ2n) is 8.68. The maximum atomic E-state index is 12.7. The number of hydrogen-bond donors (Lipinski definition) is 1. The van der Waals surface area contributed by atoms with Crippen molar-refractivity contribution in [3.05, 3.63) is 71.3 Å². The van der Waals surface area contributed by atoms with E-state index in [1.54, 1.807) is 49.6 Å². The quantitative estimate of drug-likeness (QED) is 0.233. The van der Waals surface area contributed by atoms with Crippen LogP contribution in [0.25, 0.3) is 0 Å². The van der Waals surface area contributed by atoms with Crippen LogP contribution >= 0.6 is 0 Å². The van der Waals surface area contributed by atoms with Crippen LogP contribution in [0.5, 0.6) is 28.7 Å². The molecule has 0 heterocycles. The highest BCUT2D eigenvalue weighted by molar-refractivity contribution is 7.86. The first-order valence-electron chi connectivity index (χ1n) is 12.4. The third kappa shape index (κ3) is 8.05. The highest BCUT2D eigenvalue weighted by atomic mass is 32.2. The molecule has 3 rings (SSSR count). The maximum Gasteiger partial charge on any atom is 0.297 e. The molecule has 0 spiro atoms. The summed E-state index contributed by atoms with van der Waals surface area (Å²) in [7, 11) is 3.32. The van der Waals surface area contributed by atoms with E-state index in [2.05, 4.69) is 11.8 Å². The topological polar surface area (TPSA) is 119 Å². The molecule has 0 aliphatic rings. The van der Waals surface area contributed by atoms with Gasteiger partial charge in [0.1, 0.15) is 18.8 Å². The maximum absolute atomic E-state index is 12.7. The molecule has 0 aliphatic carbocycles. The van der Waals surface area contributed by atoms with Crippen LogP contribution in [0, 0.1) is 18.8 Å².